The average Bonchev–Trinajstić information content (AvgIpc) is 2.86. The van der Waals surface area contributed by atoms with Gasteiger partial charge in [-0.2, -0.15) is 0 Å². The number of carbonyl (C=O) groups is 2. The van der Waals surface area contributed by atoms with Gasteiger partial charge in [-0.15, -0.1) is 11.3 Å². The molecule has 1 amide bonds. The van der Waals surface area contributed by atoms with Crippen LogP contribution in [-0.2, 0) is 9.47 Å². The third-order valence-corrected chi connectivity index (χ3v) is 7.01. The van der Waals surface area contributed by atoms with Crippen molar-refractivity contribution in [1.29, 1.82) is 0 Å². The number of hydrogen-bond acceptors (Lipinski definition) is 5. The van der Waals surface area contributed by atoms with Crippen molar-refractivity contribution >= 4 is 39.3 Å². The highest BCUT2D eigenvalue weighted by Crippen LogP contribution is 2.42. The molecule has 26 heavy (non-hydrogen) atoms. The topological polar surface area (TPSA) is 55.8 Å². The van der Waals surface area contributed by atoms with Crippen molar-refractivity contribution < 1.29 is 19.1 Å². The number of amides is 1. The van der Waals surface area contributed by atoms with E-state index in [0.29, 0.717) is 30.5 Å². The molecule has 5 nitrogen and oxygen atoms in total. The summed E-state index contributed by atoms with van der Waals surface area (Å²) in [4.78, 5) is 27.2. The Morgan fingerprint density at radius 2 is 1.85 bits per heavy atom. The fraction of sp³-hybridized carbons (Fsp3) is 0.684. The van der Waals surface area contributed by atoms with Crippen molar-refractivity contribution in [2.24, 2.45) is 5.92 Å². The van der Waals surface area contributed by atoms with Crippen molar-refractivity contribution in [3.63, 3.8) is 0 Å². The minimum absolute atomic E-state index is 0.230. The second-order valence-electron chi connectivity index (χ2n) is 7.83. The molecule has 0 aliphatic carbocycles. The summed E-state index contributed by atoms with van der Waals surface area (Å²) in [6.45, 7) is 11.3. The van der Waals surface area contributed by atoms with Crippen molar-refractivity contribution in [3.05, 3.63) is 19.8 Å². The van der Waals surface area contributed by atoms with Gasteiger partial charge in [0.2, 0.25) is 0 Å². The summed E-state index contributed by atoms with van der Waals surface area (Å²) in [5.41, 5.74) is 1.16. The van der Waals surface area contributed by atoms with Gasteiger partial charge in [0, 0.05) is 18.0 Å². The van der Waals surface area contributed by atoms with E-state index in [1.165, 1.54) is 12.0 Å². The lowest BCUT2D eigenvalue weighted by Crippen LogP contribution is -2.42. The molecular formula is C19H28BrNO4S. The molecule has 0 N–H and O–H groups in total. The van der Waals surface area contributed by atoms with E-state index in [9.17, 15) is 9.59 Å². The Kier molecular flexibility index (Phi) is 6.77. The zero-order valence-electron chi connectivity index (χ0n) is 16.3. The zero-order chi connectivity index (χ0) is 19.6. The molecule has 7 heteroatoms. The second-order valence-corrected chi connectivity index (χ2v) is 10.2. The molecular weight excluding hydrogens is 418 g/mol. The van der Waals surface area contributed by atoms with Gasteiger partial charge in [0.1, 0.15) is 5.60 Å². The molecule has 1 aromatic rings. The number of hydrogen-bond donors (Lipinski definition) is 0. The molecule has 1 aromatic heterocycles. The maximum absolute atomic E-state index is 12.2. The van der Waals surface area contributed by atoms with Crippen molar-refractivity contribution in [2.45, 2.75) is 59.0 Å². The van der Waals surface area contributed by atoms with E-state index in [2.05, 4.69) is 22.9 Å². The van der Waals surface area contributed by atoms with Gasteiger partial charge < -0.3 is 14.4 Å². The molecule has 0 bridgehead atoms. The minimum atomic E-state index is -0.466. The predicted molar refractivity (Wildman–Crippen MR) is 107 cm³/mol. The van der Waals surface area contributed by atoms with E-state index >= 15 is 0 Å². The van der Waals surface area contributed by atoms with Crippen LogP contribution in [0.1, 0.15) is 67.3 Å². The summed E-state index contributed by atoms with van der Waals surface area (Å²) in [6, 6.07) is 0. The first-order valence-corrected chi connectivity index (χ1v) is 10.5. The van der Waals surface area contributed by atoms with Crippen molar-refractivity contribution in [1.82, 2.24) is 4.90 Å². The van der Waals surface area contributed by atoms with E-state index in [4.69, 9.17) is 9.47 Å². The second kappa shape index (κ2) is 8.30. The van der Waals surface area contributed by atoms with Gasteiger partial charge in [-0.05, 0) is 73.9 Å². The number of carbonyl (C=O) groups excluding carboxylic acids is 2. The lowest BCUT2D eigenvalue weighted by Gasteiger charge is -2.35. The first-order valence-electron chi connectivity index (χ1n) is 8.90. The van der Waals surface area contributed by atoms with Crippen LogP contribution < -0.4 is 0 Å². The summed E-state index contributed by atoms with van der Waals surface area (Å²) in [5.74, 6) is 0.503. The Labute approximate surface area is 168 Å². The molecule has 1 atom stereocenters. The molecule has 1 unspecified atom stereocenters. The number of halogens is 1. The Balaban J connectivity index is 2.04. The van der Waals surface area contributed by atoms with Crippen LogP contribution in [0.15, 0.2) is 3.79 Å². The SMILES string of the molecule is COC(=O)c1c(Br)sc(C(C)C2CCN(C(=O)OC(C)(C)C)CC2)c1C. The quantitative estimate of drug-likeness (QED) is 0.587. The molecule has 0 saturated carbocycles. The molecule has 1 aliphatic rings. The number of methoxy groups -OCH3 is 1. The van der Waals surface area contributed by atoms with Gasteiger partial charge in [-0.1, -0.05) is 6.92 Å². The van der Waals surface area contributed by atoms with Crippen LogP contribution in [0.5, 0.6) is 0 Å². The van der Waals surface area contributed by atoms with E-state index in [1.54, 1.807) is 16.2 Å². The summed E-state index contributed by atoms with van der Waals surface area (Å²) in [7, 11) is 1.40. The lowest BCUT2D eigenvalue weighted by atomic mass is 9.83. The summed E-state index contributed by atoms with van der Waals surface area (Å²) >= 11 is 5.12. The third kappa shape index (κ3) is 4.80. The fourth-order valence-electron chi connectivity index (χ4n) is 3.39. The molecule has 1 aliphatic heterocycles. The van der Waals surface area contributed by atoms with Gasteiger partial charge in [-0.3, -0.25) is 0 Å². The molecule has 1 fully saturated rings. The molecule has 2 rings (SSSR count). The summed E-state index contributed by atoms with van der Waals surface area (Å²) < 4.78 is 11.2. The van der Waals surface area contributed by atoms with Crippen LogP contribution in [0.2, 0.25) is 0 Å². The van der Waals surface area contributed by atoms with Gasteiger partial charge in [0.05, 0.1) is 16.5 Å². The Hall–Kier alpha value is -1.08. The van der Waals surface area contributed by atoms with Gasteiger partial charge in [0.25, 0.3) is 0 Å². The number of thiophene rings is 1. The number of nitrogens with zero attached hydrogens (tertiary/aromatic N) is 1. The number of piperidine rings is 1. The minimum Gasteiger partial charge on any atom is -0.465 e. The first kappa shape index (κ1) is 21.2. The Morgan fingerprint density at radius 1 is 1.27 bits per heavy atom. The van der Waals surface area contributed by atoms with Crippen LogP contribution in [0.3, 0.4) is 0 Å². The van der Waals surface area contributed by atoms with Crippen LogP contribution in [0.25, 0.3) is 0 Å². The van der Waals surface area contributed by atoms with Crippen molar-refractivity contribution in [2.75, 3.05) is 20.2 Å². The fourth-order valence-corrected chi connectivity index (χ4v) is 5.53. The van der Waals surface area contributed by atoms with E-state index in [0.717, 1.165) is 22.2 Å². The summed E-state index contributed by atoms with van der Waals surface area (Å²) in [6.07, 6.45) is 1.64. The highest BCUT2D eigenvalue weighted by atomic mass is 79.9. The highest BCUT2D eigenvalue weighted by Gasteiger charge is 2.32. The van der Waals surface area contributed by atoms with Gasteiger partial charge in [0.15, 0.2) is 0 Å². The van der Waals surface area contributed by atoms with Gasteiger partial charge >= 0.3 is 12.1 Å². The first-order chi connectivity index (χ1) is 12.0. The summed E-state index contributed by atoms with van der Waals surface area (Å²) in [5, 5.41) is 0. The number of ether oxygens (including phenoxy) is 2. The monoisotopic (exact) mass is 445 g/mol. The van der Waals surface area contributed by atoms with E-state index in [-0.39, 0.29) is 12.1 Å². The molecule has 0 aromatic carbocycles. The van der Waals surface area contributed by atoms with Crippen LogP contribution in [0.4, 0.5) is 4.79 Å². The normalized spacial score (nSPS) is 17.1. The number of likely N-dealkylation sites (tertiary alicyclic amines) is 1. The maximum atomic E-state index is 12.2. The van der Waals surface area contributed by atoms with E-state index < -0.39 is 5.60 Å². The third-order valence-electron chi connectivity index (χ3n) is 4.84. The molecule has 0 spiro atoms. The Morgan fingerprint density at radius 3 is 2.35 bits per heavy atom. The number of rotatable bonds is 3. The maximum Gasteiger partial charge on any atom is 0.410 e. The zero-order valence-corrected chi connectivity index (χ0v) is 18.8. The van der Waals surface area contributed by atoms with Crippen LogP contribution in [0, 0.1) is 12.8 Å². The highest BCUT2D eigenvalue weighted by molar-refractivity contribution is 9.11. The standard InChI is InChI=1S/C19H28BrNO4S/c1-11(15-12(2)14(16(20)26-15)17(22)24-6)13-7-9-21(10-8-13)18(23)25-19(3,4)5/h11,13H,7-10H2,1-6H3. The molecule has 0 radical (unpaired) electrons. The Bertz CT molecular complexity index is 672. The van der Waals surface area contributed by atoms with Crippen LogP contribution in [-0.4, -0.2) is 42.8 Å². The molecule has 1 saturated heterocycles. The molecule has 2 heterocycles. The smallest absolute Gasteiger partial charge is 0.410 e. The largest absolute Gasteiger partial charge is 0.465 e. The van der Waals surface area contributed by atoms with Crippen LogP contribution >= 0.6 is 27.3 Å². The predicted octanol–water partition coefficient (Wildman–Crippen LogP) is 5.36. The average molecular weight is 446 g/mol. The number of esters is 1. The molecule has 146 valence electrons. The van der Waals surface area contributed by atoms with E-state index in [1.807, 2.05) is 27.7 Å². The lowest BCUT2D eigenvalue weighted by molar-refractivity contribution is 0.0176. The van der Waals surface area contributed by atoms with Gasteiger partial charge in [-0.25, -0.2) is 9.59 Å². The van der Waals surface area contributed by atoms with Crippen molar-refractivity contribution in [3.8, 4) is 0 Å².